The van der Waals surface area contributed by atoms with Crippen LogP contribution in [0.15, 0.2) is 22.0 Å². The Kier molecular flexibility index (Phi) is 4.94. The number of aromatic amines is 1. The highest BCUT2D eigenvalue weighted by Crippen LogP contribution is 2.34. The van der Waals surface area contributed by atoms with E-state index >= 15 is 0 Å². The van der Waals surface area contributed by atoms with Gasteiger partial charge in [-0.05, 0) is 43.8 Å². The molecule has 0 aliphatic heterocycles. The first-order valence-corrected chi connectivity index (χ1v) is 7.10. The topological polar surface area (TPSA) is 92.5 Å². The summed E-state index contributed by atoms with van der Waals surface area (Å²) in [5, 5.41) is 20.2. The van der Waals surface area contributed by atoms with Gasteiger partial charge in [-0.1, -0.05) is 11.6 Å². The minimum absolute atomic E-state index is 0.0711. The summed E-state index contributed by atoms with van der Waals surface area (Å²) in [7, 11) is 0. The molecule has 2 N–H and O–H groups in total. The van der Waals surface area contributed by atoms with Gasteiger partial charge < -0.3 is 9.84 Å². The highest BCUT2D eigenvalue weighted by molar-refractivity contribution is 7.71. The Bertz CT molecular complexity index is 844. The monoisotopic (exact) mass is 340 g/mol. The summed E-state index contributed by atoms with van der Waals surface area (Å²) in [6.45, 7) is 3.70. The quantitative estimate of drug-likeness (QED) is 0.657. The number of aromatic nitrogens is 3. The van der Waals surface area contributed by atoms with Crippen molar-refractivity contribution in [1.29, 1.82) is 0 Å². The molecule has 2 aromatic rings. The van der Waals surface area contributed by atoms with Crippen LogP contribution in [-0.4, -0.2) is 32.8 Å². The van der Waals surface area contributed by atoms with Gasteiger partial charge in [0, 0.05) is 0 Å². The largest absolute Gasteiger partial charge is 0.503 e. The lowest BCUT2D eigenvalue weighted by Gasteiger charge is -2.08. The molecule has 0 spiro atoms. The summed E-state index contributed by atoms with van der Waals surface area (Å²) < 4.78 is 6.36. The van der Waals surface area contributed by atoms with E-state index in [2.05, 4.69) is 15.3 Å². The van der Waals surface area contributed by atoms with Crippen molar-refractivity contribution >= 4 is 30.0 Å². The van der Waals surface area contributed by atoms with Gasteiger partial charge in [-0.25, -0.2) is 0 Å². The van der Waals surface area contributed by atoms with Crippen LogP contribution in [0.4, 0.5) is 0 Å². The number of aryl methyl sites for hydroxylation is 1. The fourth-order valence-corrected chi connectivity index (χ4v) is 2.03. The number of nitrogens with zero attached hydrogens (tertiary/aromatic N) is 3. The number of benzene rings is 1. The van der Waals surface area contributed by atoms with E-state index < -0.39 is 5.56 Å². The van der Waals surface area contributed by atoms with Crippen LogP contribution >= 0.6 is 23.8 Å². The van der Waals surface area contributed by atoms with Gasteiger partial charge in [0.15, 0.2) is 11.5 Å². The van der Waals surface area contributed by atoms with Crippen LogP contribution in [-0.2, 0) is 0 Å². The Labute approximate surface area is 135 Å². The molecule has 0 fully saturated rings. The average Bonchev–Trinajstić information content (AvgIpc) is 2.48. The van der Waals surface area contributed by atoms with E-state index in [9.17, 15) is 9.90 Å². The Balaban J connectivity index is 2.45. The lowest BCUT2D eigenvalue weighted by atomic mass is 10.2. The molecule has 0 aliphatic rings. The molecule has 7 nitrogen and oxygen atoms in total. The molecule has 1 heterocycles. The first kappa shape index (κ1) is 16.2. The predicted molar refractivity (Wildman–Crippen MR) is 85.7 cm³/mol. The highest BCUT2D eigenvalue weighted by Gasteiger charge is 2.09. The van der Waals surface area contributed by atoms with Crippen molar-refractivity contribution in [1.82, 2.24) is 14.9 Å². The Hall–Kier alpha value is -2.19. The van der Waals surface area contributed by atoms with Gasteiger partial charge in [0.05, 0.1) is 17.8 Å². The highest BCUT2D eigenvalue weighted by atomic mass is 35.5. The first-order chi connectivity index (χ1) is 10.4. The van der Waals surface area contributed by atoms with Crippen LogP contribution in [0.3, 0.4) is 0 Å². The Morgan fingerprint density at radius 1 is 1.59 bits per heavy atom. The molecule has 0 atom stereocenters. The molecule has 1 aromatic heterocycles. The zero-order valence-electron chi connectivity index (χ0n) is 11.8. The maximum atomic E-state index is 11.9. The lowest BCUT2D eigenvalue weighted by Crippen LogP contribution is -2.22. The Morgan fingerprint density at radius 3 is 3.00 bits per heavy atom. The van der Waals surface area contributed by atoms with E-state index in [-0.39, 0.29) is 27.0 Å². The molecule has 1 aromatic carbocycles. The van der Waals surface area contributed by atoms with Crippen molar-refractivity contribution in [2.24, 2.45) is 5.10 Å². The number of halogens is 1. The van der Waals surface area contributed by atoms with Crippen LogP contribution < -0.4 is 10.3 Å². The van der Waals surface area contributed by atoms with Crippen molar-refractivity contribution < 1.29 is 9.84 Å². The van der Waals surface area contributed by atoms with Crippen molar-refractivity contribution in [2.75, 3.05) is 6.61 Å². The summed E-state index contributed by atoms with van der Waals surface area (Å²) >= 11 is 10.9. The number of hydrogen-bond donors (Lipinski definition) is 2. The van der Waals surface area contributed by atoms with Crippen LogP contribution in [0, 0.1) is 11.7 Å². The molecular formula is C13H13ClN4O3S. The molecule has 116 valence electrons. The van der Waals surface area contributed by atoms with Gasteiger partial charge in [0.25, 0.3) is 5.56 Å². The molecule has 0 unspecified atom stereocenters. The van der Waals surface area contributed by atoms with E-state index in [4.69, 9.17) is 28.6 Å². The van der Waals surface area contributed by atoms with Gasteiger partial charge in [0.2, 0.25) is 4.77 Å². The van der Waals surface area contributed by atoms with Crippen LogP contribution in [0.5, 0.6) is 11.5 Å². The summed E-state index contributed by atoms with van der Waals surface area (Å²) in [6.07, 6.45) is 1.39. The second-order valence-electron chi connectivity index (χ2n) is 4.26. The maximum absolute atomic E-state index is 11.9. The van der Waals surface area contributed by atoms with Crippen LogP contribution in [0.25, 0.3) is 0 Å². The molecular weight excluding hydrogens is 328 g/mol. The third kappa shape index (κ3) is 3.34. The van der Waals surface area contributed by atoms with E-state index in [1.165, 1.54) is 12.3 Å². The maximum Gasteiger partial charge on any atom is 0.296 e. The number of hydrogen-bond acceptors (Lipinski definition) is 6. The predicted octanol–water partition coefficient (Wildman–Crippen LogP) is 2.25. The third-order valence-corrected chi connectivity index (χ3v) is 3.24. The normalized spacial score (nSPS) is 11.0. The minimum atomic E-state index is -0.421. The number of phenolic OH excluding ortho intramolecular Hbond substituents is 1. The minimum Gasteiger partial charge on any atom is -0.503 e. The van der Waals surface area contributed by atoms with E-state index in [0.717, 1.165) is 4.68 Å². The van der Waals surface area contributed by atoms with Crippen molar-refractivity contribution in [3.05, 3.63) is 43.5 Å². The molecule has 22 heavy (non-hydrogen) atoms. The van der Waals surface area contributed by atoms with Crippen molar-refractivity contribution in [3.8, 4) is 11.5 Å². The molecule has 9 heteroatoms. The fourth-order valence-electron chi connectivity index (χ4n) is 1.64. The molecule has 0 bridgehead atoms. The second kappa shape index (κ2) is 6.71. The zero-order chi connectivity index (χ0) is 16.3. The van der Waals surface area contributed by atoms with E-state index in [1.807, 2.05) is 0 Å². The van der Waals surface area contributed by atoms with E-state index in [1.54, 1.807) is 19.9 Å². The van der Waals surface area contributed by atoms with Gasteiger partial charge in [-0.15, -0.1) is 0 Å². The fraction of sp³-hybridized carbons (Fsp3) is 0.231. The van der Waals surface area contributed by atoms with Crippen LogP contribution in [0.1, 0.15) is 18.2 Å². The SMILES string of the molecule is CCOc1cc(/C=N\n2c(=S)[nH]nc(C)c2=O)cc(Cl)c1O. The molecule has 0 saturated heterocycles. The molecule has 2 rings (SSSR count). The van der Waals surface area contributed by atoms with Crippen molar-refractivity contribution in [3.63, 3.8) is 0 Å². The van der Waals surface area contributed by atoms with E-state index in [0.29, 0.717) is 12.2 Å². The molecule has 0 aliphatic carbocycles. The lowest BCUT2D eigenvalue weighted by molar-refractivity contribution is 0.318. The first-order valence-electron chi connectivity index (χ1n) is 6.32. The smallest absolute Gasteiger partial charge is 0.296 e. The van der Waals surface area contributed by atoms with Gasteiger partial charge in [0.1, 0.15) is 5.69 Å². The standard InChI is InChI=1S/C13H13ClN4O3S/c1-3-21-10-5-8(4-9(14)11(10)19)6-15-18-12(20)7(2)16-17-13(18)22/h4-6,19H,3H2,1-2H3,(H,17,22)/b15-6-. The van der Waals surface area contributed by atoms with Crippen LogP contribution in [0.2, 0.25) is 5.02 Å². The number of H-pyrrole nitrogens is 1. The number of ether oxygens (including phenoxy) is 1. The summed E-state index contributed by atoms with van der Waals surface area (Å²) in [5.41, 5.74) is 0.362. The van der Waals surface area contributed by atoms with Gasteiger partial charge in [-0.2, -0.15) is 14.9 Å². The third-order valence-electron chi connectivity index (χ3n) is 2.69. The average molecular weight is 341 g/mol. The molecule has 0 radical (unpaired) electrons. The summed E-state index contributed by atoms with van der Waals surface area (Å²) in [5.74, 6) is 0.0924. The van der Waals surface area contributed by atoms with Gasteiger partial charge in [-0.3, -0.25) is 9.89 Å². The second-order valence-corrected chi connectivity index (χ2v) is 5.05. The molecule has 0 amide bonds. The Morgan fingerprint density at radius 2 is 2.32 bits per heavy atom. The molecule has 0 saturated carbocycles. The number of nitrogens with one attached hydrogen (secondary N) is 1. The van der Waals surface area contributed by atoms with Gasteiger partial charge >= 0.3 is 0 Å². The van der Waals surface area contributed by atoms with Crippen molar-refractivity contribution in [2.45, 2.75) is 13.8 Å². The zero-order valence-corrected chi connectivity index (χ0v) is 13.4. The number of rotatable bonds is 4. The number of phenols is 1. The number of aromatic hydroxyl groups is 1. The summed E-state index contributed by atoms with van der Waals surface area (Å²) in [6, 6.07) is 3.05. The summed E-state index contributed by atoms with van der Waals surface area (Å²) in [4.78, 5) is 11.9.